The van der Waals surface area contributed by atoms with Crippen LogP contribution in [0.3, 0.4) is 0 Å². The maximum Gasteiger partial charge on any atom is 0.0609 e. The van der Waals surface area contributed by atoms with Gasteiger partial charge >= 0.3 is 0 Å². The van der Waals surface area contributed by atoms with Gasteiger partial charge in [-0.15, -0.1) is 0 Å². The van der Waals surface area contributed by atoms with E-state index >= 15 is 0 Å². The predicted octanol–water partition coefficient (Wildman–Crippen LogP) is 2.25. The van der Waals surface area contributed by atoms with Crippen LogP contribution in [-0.4, -0.2) is 48.3 Å². The Morgan fingerprint density at radius 1 is 1.28 bits per heavy atom. The Morgan fingerprint density at radius 2 is 1.89 bits per heavy atom. The van der Waals surface area contributed by atoms with Gasteiger partial charge in [-0.3, -0.25) is 4.90 Å². The summed E-state index contributed by atoms with van der Waals surface area (Å²) in [6.45, 7) is 11.2. The monoisotopic (exact) mass is 256 g/mol. The molecule has 0 aliphatic heterocycles. The Bertz CT molecular complexity index is 251. The van der Waals surface area contributed by atoms with Crippen LogP contribution in [0.2, 0.25) is 0 Å². The normalized spacial score (nSPS) is 20.2. The van der Waals surface area contributed by atoms with Gasteiger partial charge in [0.2, 0.25) is 0 Å². The number of nitrogens with one attached hydrogen (secondary N) is 1. The van der Waals surface area contributed by atoms with Crippen molar-refractivity contribution in [3.05, 3.63) is 0 Å². The highest BCUT2D eigenvalue weighted by Crippen LogP contribution is 2.28. The van der Waals surface area contributed by atoms with Gasteiger partial charge in [-0.25, -0.2) is 0 Å². The summed E-state index contributed by atoms with van der Waals surface area (Å²) in [5.41, 5.74) is 0.174. The second kappa shape index (κ2) is 6.36. The summed E-state index contributed by atoms with van der Waals surface area (Å²) in [4.78, 5) is 2.30. The van der Waals surface area contributed by atoms with Gasteiger partial charge in [-0.1, -0.05) is 20.3 Å². The Hall–Kier alpha value is -0.120. The first-order valence-corrected chi connectivity index (χ1v) is 7.38. The molecule has 3 heteroatoms. The Labute approximate surface area is 113 Å². The average molecular weight is 256 g/mol. The highest BCUT2D eigenvalue weighted by atomic mass is 16.3. The van der Waals surface area contributed by atoms with E-state index in [-0.39, 0.29) is 12.1 Å². The van der Waals surface area contributed by atoms with E-state index in [1.54, 1.807) is 0 Å². The Balaban J connectivity index is 2.53. The third-order valence-corrected chi connectivity index (χ3v) is 4.29. The molecule has 0 amide bonds. The predicted molar refractivity (Wildman–Crippen MR) is 77.8 cm³/mol. The zero-order chi connectivity index (χ0) is 13.8. The SMILES string of the molecule is CCCC(C)(CNC1CC1)CN(C)C(C)(C)CO. The van der Waals surface area contributed by atoms with Crippen LogP contribution in [0.4, 0.5) is 0 Å². The van der Waals surface area contributed by atoms with Crippen molar-refractivity contribution in [3.8, 4) is 0 Å². The van der Waals surface area contributed by atoms with E-state index in [4.69, 9.17) is 0 Å². The van der Waals surface area contributed by atoms with Crippen molar-refractivity contribution in [3.63, 3.8) is 0 Å². The lowest BCUT2D eigenvalue weighted by Gasteiger charge is -2.41. The molecule has 108 valence electrons. The molecular formula is C15H32N2O. The van der Waals surface area contributed by atoms with E-state index < -0.39 is 0 Å². The molecule has 18 heavy (non-hydrogen) atoms. The first-order chi connectivity index (χ1) is 8.33. The van der Waals surface area contributed by atoms with Crippen LogP contribution in [0, 0.1) is 5.41 Å². The lowest BCUT2D eigenvalue weighted by molar-refractivity contribution is 0.0422. The number of aliphatic hydroxyl groups is 1. The number of rotatable bonds is 9. The van der Waals surface area contributed by atoms with Crippen LogP contribution in [-0.2, 0) is 0 Å². The summed E-state index contributed by atoms with van der Waals surface area (Å²) in [5, 5.41) is 13.1. The van der Waals surface area contributed by atoms with Crippen molar-refractivity contribution in [1.82, 2.24) is 10.2 Å². The van der Waals surface area contributed by atoms with E-state index in [1.807, 2.05) is 0 Å². The molecule has 0 spiro atoms. The van der Waals surface area contributed by atoms with Gasteiger partial charge in [0, 0.05) is 24.7 Å². The van der Waals surface area contributed by atoms with E-state index in [2.05, 4.69) is 45.0 Å². The molecule has 1 aliphatic rings. The van der Waals surface area contributed by atoms with E-state index in [1.165, 1.54) is 25.7 Å². The summed E-state index contributed by atoms with van der Waals surface area (Å²) in [7, 11) is 2.13. The first kappa shape index (κ1) is 15.9. The molecule has 1 fully saturated rings. The quantitative estimate of drug-likeness (QED) is 0.664. The molecule has 3 nitrogen and oxygen atoms in total. The molecule has 1 atom stereocenters. The topological polar surface area (TPSA) is 35.5 Å². The summed E-state index contributed by atoms with van der Waals surface area (Å²) in [5.74, 6) is 0. The lowest BCUT2D eigenvalue weighted by atomic mass is 9.83. The zero-order valence-electron chi connectivity index (χ0n) is 12.9. The maximum atomic E-state index is 9.46. The molecule has 0 radical (unpaired) electrons. The Morgan fingerprint density at radius 3 is 2.33 bits per heavy atom. The molecule has 0 aromatic heterocycles. The number of nitrogens with zero attached hydrogens (tertiary/aromatic N) is 1. The summed E-state index contributed by atoms with van der Waals surface area (Å²) >= 11 is 0. The van der Waals surface area contributed by atoms with E-state index in [0.717, 1.165) is 19.1 Å². The van der Waals surface area contributed by atoms with Crippen molar-refractivity contribution in [2.24, 2.45) is 5.41 Å². The molecule has 1 rings (SSSR count). The lowest BCUT2D eigenvalue weighted by Crippen LogP contribution is -2.51. The minimum Gasteiger partial charge on any atom is -0.394 e. The molecule has 2 N–H and O–H groups in total. The average Bonchev–Trinajstić information content (AvgIpc) is 3.10. The summed E-state index contributed by atoms with van der Waals surface area (Å²) < 4.78 is 0. The van der Waals surface area contributed by atoms with Crippen molar-refractivity contribution in [2.75, 3.05) is 26.7 Å². The molecule has 1 saturated carbocycles. The smallest absolute Gasteiger partial charge is 0.0609 e. The van der Waals surface area contributed by atoms with E-state index in [9.17, 15) is 5.11 Å². The van der Waals surface area contributed by atoms with Crippen LogP contribution in [0.15, 0.2) is 0 Å². The second-order valence-electron chi connectivity index (χ2n) is 7.04. The van der Waals surface area contributed by atoms with Crippen molar-refractivity contribution < 1.29 is 5.11 Å². The van der Waals surface area contributed by atoms with Crippen LogP contribution in [0.1, 0.15) is 53.4 Å². The zero-order valence-corrected chi connectivity index (χ0v) is 12.9. The van der Waals surface area contributed by atoms with Gasteiger partial charge in [-0.2, -0.15) is 0 Å². The number of hydrogen-bond acceptors (Lipinski definition) is 3. The van der Waals surface area contributed by atoms with Gasteiger partial charge in [-0.05, 0) is 45.6 Å². The van der Waals surface area contributed by atoms with Crippen molar-refractivity contribution in [2.45, 2.75) is 65.0 Å². The third-order valence-electron chi connectivity index (χ3n) is 4.29. The molecule has 1 unspecified atom stereocenters. The van der Waals surface area contributed by atoms with Crippen molar-refractivity contribution >= 4 is 0 Å². The molecule has 0 saturated heterocycles. The second-order valence-corrected chi connectivity index (χ2v) is 7.04. The minimum absolute atomic E-state index is 0.130. The summed E-state index contributed by atoms with van der Waals surface area (Å²) in [6.07, 6.45) is 5.15. The molecule has 1 aliphatic carbocycles. The molecule has 0 heterocycles. The van der Waals surface area contributed by atoms with Crippen LogP contribution in [0.5, 0.6) is 0 Å². The molecule has 0 aromatic rings. The van der Waals surface area contributed by atoms with Gasteiger partial charge in [0.05, 0.1) is 6.61 Å². The number of hydrogen-bond donors (Lipinski definition) is 2. The number of aliphatic hydroxyl groups excluding tert-OH is 1. The van der Waals surface area contributed by atoms with Crippen LogP contribution >= 0.6 is 0 Å². The number of likely N-dealkylation sites (N-methyl/N-ethyl adjacent to an activating group) is 1. The van der Waals surface area contributed by atoms with Gasteiger partial charge < -0.3 is 10.4 Å². The first-order valence-electron chi connectivity index (χ1n) is 7.38. The molecular weight excluding hydrogens is 224 g/mol. The highest BCUT2D eigenvalue weighted by Gasteiger charge is 2.32. The van der Waals surface area contributed by atoms with E-state index in [0.29, 0.717) is 5.41 Å². The fourth-order valence-electron chi connectivity index (χ4n) is 2.41. The molecule has 0 bridgehead atoms. The highest BCUT2D eigenvalue weighted by molar-refractivity contribution is 4.89. The van der Waals surface area contributed by atoms with Gasteiger partial charge in [0.1, 0.15) is 0 Å². The van der Waals surface area contributed by atoms with Crippen LogP contribution in [0.25, 0.3) is 0 Å². The minimum atomic E-state index is -0.130. The third kappa shape index (κ3) is 4.87. The molecule has 0 aromatic carbocycles. The fourth-order valence-corrected chi connectivity index (χ4v) is 2.41. The largest absolute Gasteiger partial charge is 0.394 e. The Kier molecular flexibility index (Phi) is 5.63. The standard InChI is InChI=1S/C15H32N2O/c1-6-9-15(4,10-16-13-7-8-13)11-17(5)14(2,3)12-18/h13,16,18H,6-12H2,1-5H3. The van der Waals surface area contributed by atoms with Gasteiger partial charge in [0.25, 0.3) is 0 Å². The fraction of sp³-hybridized carbons (Fsp3) is 1.00. The van der Waals surface area contributed by atoms with Crippen molar-refractivity contribution in [1.29, 1.82) is 0 Å². The summed E-state index contributed by atoms with van der Waals surface area (Å²) in [6, 6.07) is 0.775. The van der Waals surface area contributed by atoms with Gasteiger partial charge in [0.15, 0.2) is 0 Å². The maximum absolute atomic E-state index is 9.46. The van der Waals surface area contributed by atoms with Crippen LogP contribution < -0.4 is 5.32 Å².